The molecule has 0 amide bonds. The number of aromatic nitrogens is 1. The summed E-state index contributed by atoms with van der Waals surface area (Å²) in [7, 11) is 0. The molecule has 1 aromatic heterocycles. The summed E-state index contributed by atoms with van der Waals surface area (Å²) in [6, 6.07) is 1.44. The quantitative estimate of drug-likeness (QED) is 0.487. The molecule has 15 heavy (non-hydrogen) atoms. The molecule has 0 aliphatic rings. The van der Waals surface area contributed by atoms with E-state index in [2.05, 4.69) is 20.9 Å². The van der Waals surface area contributed by atoms with Crippen molar-refractivity contribution in [3.63, 3.8) is 0 Å². The molecule has 0 aromatic carbocycles. The van der Waals surface area contributed by atoms with Crippen LogP contribution in [0.5, 0.6) is 0 Å². The molecule has 0 aliphatic carbocycles. The van der Waals surface area contributed by atoms with Gasteiger partial charge in [-0.3, -0.25) is 15.1 Å². The lowest BCUT2D eigenvalue weighted by Crippen LogP contribution is -2.10. The second-order valence-corrected chi connectivity index (χ2v) is 4.89. The van der Waals surface area contributed by atoms with Gasteiger partial charge in [0, 0.05) is 28.0 Å². The molecular weight excluding hydrogens is 283 g/mol. The molecule has 4 nitrogen and oxygen atoms in total. The molecule has 0 bridgehead atoms. The molecule has 2 atom stereocenters. The van der Waals surface area contributed by atoms with Crippen LogP contribution in [-0.4, -0.2) is 15.3 Å². The third-order valence-electron chi connectivity index (χ3n) is 2.18. The number of hydrogen-bond donors (Lipinski definition) is 0. The highest BCUT2D eigenvalue weighted by molar-refractivity contribution is 9.10. The maximum atomic E-state index is 10.8. The van der Waals surface area contributed by atoms with Crippen LogP contribution in [0.25, 0.3) is 0 Å². The van der Waals surface area contributed by atoms with Crippen molar-refractivity contribution in [1.82, 2.24) is 4.98 Å². The molecule has 0 aliphatic heterocycles. The van der Waals surface area contributed by atoms with Crippen molar-refractivity contribution in [3.8, 4) is 0 Å². The van der Waals surface area contributed by atoms with Gasteiger partial charge in [0.15, 0.2) is 0 Å². The molecule has 0 saturated carbocycles. The van der Waals surface area contributed by atoms with Gasteiger partial charge in [-0.15, -0.1) is 11.6 Å². The molecule has 1 rings (SSSR count). The Morgan fingerprint density at radius 1 is 1.60 bits per heavy atom. The van der Waals surface area contributed by atoms with Crippen LogP contribution in [-0.2, 0) is 0 Å². The monoisotopic (exact) mass is 292 g/mol. The molecule has 1 heterocycles. The molecule has 1 aromatic rings. The summed E-state index contributed by atoms with van der Waals surface area (Å²) in [4.78, 5) is 14.4. The lowest BCUT2D eigenvalue weighted by Gasteiger charge is -2.12. The van der Waals surface area contributed by atoms with E-state index in [0.29, 0.717) is 10.2 Å². The first-order valence-corrected chi connectivity index (χ1v) is 5.60. The summed E-state index contributed by atoms with van der Waals surface area (Å²) in [6.07, 6.45) is 1.54. The molecule has 82 valence electrons. The fourth-order valence-electron chi connectivity index (χ4n) is 1.15. The summed E-state index contributed by atoms with van der Waals surface area (Å²) >= 11 is 9.06. The van der Waals surface area contributed by atoms with E-state index in [-0.39, 0.29) is 17.0 Å². The fraction of sp³-hybridized carbons (Fsp3) is 0.444. The largest absolute Gasteiger partial charge is 0.292 e. The smallest absolute Gasteiger partial charge is 0.258 e. The second-order valence-electron chi connectivity index (χ2n) is 3.28. The highest BCUT2D eigenvalue weighted by Crippen LogP contribution is 2.30. The highest BCUT2D eigenvalue weighted by atomic mass is 79.9. The van der Waals surface area contributed by atoms with Gasteiger partial charge in [0.25, 0.3) is 5.69 Å². The maximum absolute atomic E-state index is 10.8. The molecule has 2 unspecified atom stereocenters. The second kappa shape index (κ2) is 4.90. The number of alkyl halides is 1. The number of nitrogens with zero attached hydrogens (tertiary/aromatic N) is 2. The highest BCUT2D eigenvalue weighted by Gasteiger charge is 2.23. The minimum absolute atomic E-state index is 0.00405. The molecule has 0 radical (unpaired) electrons. The van der Waals surface area contributed by atoms with Gasteiger partial charge in [-0.2, -0.15) is 0 Å². The van der Waals surface area contributed by atoms with E-state index in [1.165, 1.54) is 12.3 Å². The Kier molecular flexibility index (Phi) is 4.04. The Bertz CT molecular complexity index is 384. The Labute approximate surface area is 101 Å². The third-order valence-corrected chi connectivity index (χ3v) is 2.99. The Morgan fingerprint density at radius 2 is 2.20 bits per heavy atom. The SMILES string of the molecule is CC(Cl)C(C)c1ncc(Br)cc1[N+](=O)[O-]. The first-order chi connectivity index (χ1) is 6.93. The number of nitro groups is 1. The van der Waals surface area contributed by atoms with Gasteiger partial charge in [-0.25, -0.2) is 0 Å². The standard InChI is InChI=1S/C9H10BrClN2O2/c1-5(6(2)11)9-8(13(14)15)3-7(10)4-12-9/h3-6H,1-2H3. The Morgan fingerprint density at radius 3 is 2.67 bits per heavy atom. The lowest BCUT2D eigenvalue weighted by molar-refractivity contribution is -0.386. The number of rotatable bonds is 3. The average Bonchev–Trinajstić information content (AvgIpc) is 2.16. The van der Waals surface area contributed by atoms with Crippen LogP contribution in [0.1, 0.15) is 25.5 Å². The lowest BCUT2D eigenvalue weighted by atomic mass is 10.0. The van der Waals surface area contributed by atoms with Crippen LogP contribution in [0.4, 0.5) is 5.69 Å². The number of pyridine rings is 1. The van der Waals surface area contributed by atoms with E-state index < -0.39 is 4.92 Å². The predicted octanol–water partition coefficient (Wildman–Crippen LogP) is 3.48. The van der Waals surface area contributed by atoms with Crippen LogP contribution in [0, 0.1) is 10.1 Å². The maximum Gasteiger partial charge on any atom is 0.292 e. The minimum atomic E-state index is -0.442. The van der Waals surface area contributed by atoms with E-state index in [9.17, 15) is 10.1 Å². The van der Waals surface area contributed by atoms with E-state index in [1.54, 1.807) is 6.92 Å². The van der Waals surface area contributed by atoms with E-state index in [0.717, 1.165) is 0 Å². The summed E-state index contributed by atoms with van der Waals surface area (Å²) in [5.74, 6) is -0.153. The van der Waals surface area contributed by atoms with Gasteiger partial charge < -0.3 is 0 Å². The van der Waals surface area contributed by atoms with Gasteiger partial charge in [0.1, 0.15) is 5.69 Å². The topological polar surface area (TPSA) is 56.0 Å². The van der Waals surface area contributed by atoms with Crippen molar-refractivity contribution in [3.05, 3.63) is 32.5 Å². The zero-order chi connectivity index (χ0) is 11.6. The summed E-state index contributed by atoms with van der Waals surface area (Å²) in [5, 5.41) is 10.6. The summed E-state index contributed by atoms with van der Waals surface area (Å²) in [6.45, 7) is 3.61. The molecule has 6 heteroatoms. The summed E-state index contributed by atoms with van der Waals surface area (Å²) in [5.41, 5.74) is 0.426. The van der Waals surface area contributed by atoms with E-state index in [1.807, 2.05) is 6.92 Å². The number of hydrogen-bond acceptors (Lipinski definition) is 3. The molecular formula is C9H10BrClN2O2. The summed E-state index contributed by atoms with van der Waals surface area (Å²) < 4.78 is 0.590. The van der Waals surface area contributed by atoms with Crippen LogP contribution < -0.4 is 0 Å². The first-order valence-electron chi connectivity index (χ1n) is 4.37. The zero-order valence-corrected chi connectivity index (χ0v) is 10.6. The fourth-order valence-corrected chi connectivity index (χ4v) is 1.59. The molecule has 0 N–H and O–H groups in total. The van der Waals surface area contributed by atoms with Gasteiger partial charge >= 0.3 is 0 Å². The van der Waals surface area contributed by atoms with Gasteiger partial charge in [-0.1, -0.05) is 6.92 Å². The Hall–Kier alpha value is -0.680. The molecule has 0 fully saturated rings. The van der Waals surface area contributed by atoms with E-state index in [4.69, 9.17) is 11.6 Å². The molecule has 0 saturated heterocycles. The minimum Gasteiger partial charge on any atom is -0.258 e. The van der Waals surface area contributed by atoms with Crippen LogP contribution in [0.3, 0.4) is 0 Å². The van der Waals surface area contributed by atoms with Crippen LogP contribution >= 0.6 is 27.5 Å². The van der Waals surface area contributed by atoms with Crippen LogP contribution in [0.2, 0.25) is 0 Å². The van der Waals surface area contributed by atoms with Gasteiger partial charge in [-0.05, 0) is 22.9 Å². The first kappa shape index (κ1) is 12.4. The van der Waals surface area contributed by atoms with Crippen molar-refractivity contribution in [2.24, 2.45) is 0 Å². The van der Waals surface area contributed by atoms with Gasteiger partial charge in [0.05, 0.1) is 4.92 Å². The molecule has 0 spiro atoms. The number of halogens is 2. The van der Waals surface area contributed by atoms with Crippen LogP contribution in [0.15, 0.2) is 16.7 Å². The van der Waals surface area contributed by atoms with E-state index >= 15 is 0 Å². The normalized spacial score (nSPS) is 14.7. The van der Waals surface area contributed by atoms with Crippen molar-refractivity contribution < 1.29 is 4.92 Å². The van der Waals surface area contributed by atoms with Crippen molar-refractivity contribution in [2.45, 2.75) is 25.1 Å². The van der Waals surface area contributed by atoms with Crippen molar-refractivity contribution in [1.29, 1.82) is 0 Å². The average molecular weight is 294 g/mol. The van der Waals surface area contributed by atoms with Gasteiger partial charge in [0.2, 0.25) is 0 Å². The zero-order valence-electron chi connectivity index (χ0n) is 8.28. The predicted molar refractivity (Wildman–Crippen MR) is 62.3 cm³/mol. The Balaban J connectivity index is 3.22. The van der Waals surface area contributed by atoms with Crippen molar-refractivity contribution >= 4 is 33.2 Å². The van der Waals surface area contributed by atoms with Crippen molar-refractivity contribution in [2.75, 3.05) is 0 Å². The third kappa shape index (κ3) is 2.89.